The molecule has 0 bridgehead atoms. The highest BCUT2D eigenvalue weighted by atomic mass is 32.2. The molecule has 2 N–H and O–H groups in total. The zero-order chi connectivity index (χ0) is 19.2. The highest BCUT2D eigenvalue weighted by Gasteiger charge is 2.13. The lowest BCUT2D eigenvalue weighted by atomic mass is 10.1. The average Bonchev–Trinajstić information content (AvgIpc) is 3.02. The van der Waals surface area contributed by atoms with Gasteiger partial charge in [-0.3, -0.25) is 4.79 Å². The Bertz CT molecular complexity index is 738. The van der Waals surface area contributed by atoms with Gasteiger partial charge in [-0.05, 0) is 75.2 Å². The molecule has 0 aliphatic rings. The average molecular weight is 377 g/mol. The molecule has 0 radical (unpaired) electrons. The fourth-order valence-corrected chi connectivity index (χ4v) is 3.06. The maximum Gasteiger partial charge on any atom is 0.230 e. The SMILES string of the molecule is Cc1cccc(-n2nnnc2SCC(=O)NCCCNC(C)(C)C)c1C. The van der Waals surface area contributed by atoms with Gasteiger partial charge in [-0.1, -0.05) is 23.9 Å². The number of tetrazole rings is 1. The quantitative estimate of drug-likeness (QED) is 0.543. The van der Waals surface area contributed by atoms with Crippen LogP contribution in [0.1, 0.15) is 38.3 Å². The molecule has 0 aliphatic heterocycles. The number of rotatable bonds is 8. The molecule has 1 amide bonds. The Labute approximate surface area is 159 Å². The minimum Gasteiger partial charge on any atom is -0.355 e. The smallest absolute Gasteiger partial charge is 0.230 e. The number of aromatic nitrogens is 4. The molecule has 26 heavy (non-hydrogen) atoms. The maximum absolute atomic E-state index is 12.0. The number of hydrogen-bond acceptors (Lipinski definition) is 6. The van der Waals surface area contributed by atoms with E-state index >= 15 is 0 Å². The number of benzene rings is 1. The Balaban J connectivity index is 1.83. The largest absolute Gasteiger partial charge is 0.355 e. The maximum atomic E-state index is 12.0. The fraction of sp³-hybridized carbons (Fsp3) is 0.556. The molecular formula is C18H28N6OS. The van der Waals surface area contributed by atoms with Crippen molar-refractivity contribution in [3.05, 3.63) is 29.3 Å². The number of carbonyl (C=O) groups is 1. The van der Waals surface area contributed by atoms with Gasteiger partial charge < -0.3 is 10.6 Å². The topological polar surface area (TPSA) is 84.7 Å². The first kappa shape index (κ1) is 20.4. The summed E-state index contributed by atoms with van der Waals surface area (Å²) < 4.78 is 1.69. The number of hydrogen-bond donors (Lipinski definition) is 2. The van der Waals surface area contributed by atoms with Crippen molar-refractivity contribution < 1.29 is 4.79 Å². The standard InChI is InChI=1S/C18H28N6OS/c1-13-8-6-9-15(14(13)2)24-17(21-22-23-24)26-12-16(25)19-10-7-11-20-18(3,4)5/h6,8-9,20H,7,10-12H2,1-5H3,(H,19,25). The van der Waals surface area contributed by atoms with E-state index in [-0.39, 0.29) is 17.2 Å². The van der Waals surface area contributed by atoms with E-state index in [2.05, 4.69) is 59.9 Å². The third-order valence-electron chi connectivity index (χ3n) is 3.91. The van der Waals surface area contributed by atoms with Crippen molar-refractivity contribution in [3.63, 3.8) is 0 Å². The summed E-state index contributed by atoms with van der Waals surface area (Å²) >= 11 is 1.34. The van der Waals surface area contributed by atoms with Gasteiger partial charge in [0.15, 0.2) is 0 Å². The Morgan fingerprint density at radius 2 is 2.00 bits per heavy atom. The van der Waals surface area contributed by atoms with Crippen LogP contribution < -0.4 is 10.6 Å². The molecule has 7 nitrogen and oxygen atoms in total. The molecule has 0 aliphatic carbocycles. The second-order valence-corrected chi connectivity index (χ2v) is 8.20. The Hall–Kier alpha value is -1.93. The molecule has 0 spiro atoms. The van der Waals surface area contributed by atoms with E-state index in [1.807, 2.05) is 19.1 Å². The first-order chi connectivity index (χ1) is 12.3. The summed E-state index contributed by atoms with van der Waals surface area (Å²) in [5.74, 6) is 0.277. The van der Waals surface area contributed by atoms with Gasteiger partial charge in [0.05, 0.1) is 11.4 Å². The van der Waals surface area contributed by atoms with E-state index in [0.29, 0.717) is 11.7 Å². The van der Waals surface area contributed by atoms with Crippen LogP contribution in [0, 0.1) is 13.8 Å². The number of aryl methyl sites for hydroxylation is 1. The van der Waals surface area contributed by atoms with Gasteiger partial charge in [0.2, 0.25) is 11.1 Å². The van der Waals surface area contributed by atoms with E-state index in [4.69, 9.17) is 0 Å². The van der Waals surface area contributed by atoms with E-state index < -0.39 is 0 Å². The van der Waals surface area contributed by atoms with Crippen LogP contribution in [0.4, 0.5) is 0 Å². The van der Waals surface area contributed by atoms with Crippen molar-refractivity contribution in [2.45, 2.75) is 51.7 Å². The van der Waals surface area contributed by atoms with Crippen molar-refractivity contribution >= 4 is 17.7 Å². The van der Waals surface area contributed by atoms with Gasteiger partial charge in [-0.15, -0.1) is 5.10 Å². The lowest BCUT2D eigenvalue weighted by Gasteiger charge is -2.20. The van der Waals surface area contributed by atoms with Crippen LogP contribution in [0.5, 0.6) is 0 Å². The molecule has 2 aromatic rings. The number of carbonyl (C=O) groups excluding carboxylic acids is 1. The second kappa shape index (κ2) is 9.14. The third kappa shape index (κ3) is 6.10. The lowest BCUT2D eigenvalue weighted by molar-refractivity contribution is -0.118. The molecule has 1 aromatic carbocycles. The van der Waals surface area contributed by atoms with Crippen molar-refractivity contribution in [1.82, 2.24) is 30.8 Å². The Morgan fingerprint density at radius 3 is 2.73 bits per heavy atom. The molecule has 0 fully saturated rings. The summed E-state index contributed by atoms with van der Waals surface area (Å²) in [6.07, 6.45) is 0.897. The fourth-order valence-electron chi connectivity index (χ4n) is 2.35. The normalized spacial score (nSPS) is 11.6. The van der Waals surface area contributed by atoms with Gasteiger partial charge >= 0.3 is 0 Å². The van der Waals surface area contributed by atoms with E-state index in [1.165, 1.54) is 17.3 Å². The predicted molar refractivity (Wildman–Crippen MR) is 105 cm³/mol. The zero-order valence-corrected chi connectivity index (χ0v) is 17.0. The molecule has 1 aromatic heterocycles. The molecule has 142 valence electrons. The van der Waals surface area contributed by atoms with Crippen molar-refractivity contribution in [2.24, 2.45) is 0 Å². The Morgan fingerprint density at radius 1 is 1.23 bits per heavy atom. The molecular weight excluding hydrogens is 348 g/mol. The van der Waals surface area contributed by atoms with Gasteiger partial charge in [0.1, 0.15) is 0 Å². The molecule has 0 saturated carbocycles. The van der Waals surface area contributed by atoms with Gasteiger partial charge in [-0.2, -0.15) is 4.68 Å². The van der Waals surface area contributed by atoms with Gasteiger partial charge in [0, 0.05) is 12.1 Å². The zero-order valence-electron chi connectivity index (χ0n) is 16.2. The molecule has 0 atom stereocenters. The number of amides is 1. The molecule has 1 heterocycles. The minimum absolute atomic E-state index is 0.0127. The van der Waals surface area contributed by atoms with Crippen LogP contribution in [0.15, 0.2) is 23.4 Å². The monoisotopic (exact) mass is 376 g/mol. The lowest BCUT2D eigenvalue weighted by Crippen LogP contribution is -2.38. The van der Waals surface area contributed by atoms with Crippen molar-refractivity contribution in [3.8, 4) is 5.69 Å². The van der Waals surface area contributed by atoms with Crippen LogP contribution in [0.3, 0.4) is 0 Å². The second-order valence-electron chi connectivity index (χ2n) is 7.26. The van der Waals surface area contributed by atoms with E-state index in [0.717, 1.165) is 24.2 Å². The van der Waals surface area contributed by atoms with Crippen LogP contribution >= 0.6 is 11.8 Å². The summed E-state index contributed by atoms with van der Waals surface area (Å²) in [6.45, 7) is 12.0. The van der Waals surface area contributed by atoms with Crippen molar-refractivity contribution in [2.75, 3.05) is 18.8 Å². The van der Waals surface area contributed by atoms with Crippen LogP contribution in [-0.2, 0) is 4.79 Å². The van der Waals surface area contributed by atoms with Gasteiger partial charge in [0.25, 0.3) is 0 Å². The predicted octanol–water partition coefficient (Wildman–Crippen LogP) is 2.27. The first-order valence-corrected chi connectivity index (χ1v) is 9.76. The highest BCUT2D eigenvalue weighted by molar-refractivity contribution is 7.99. The van der Waals surface area contributed by atoms with E-state index in [9.17, 15) is 4.79 Å². The molecule has 0 saturated heterocycles. The highest BCUT2D eigenvalue weighted by Crippen LogP contribution is 2.22. The van der Waals surface area contributed by atoms with E-state index in [1.54, 1.807) is 4.68 Å². The number of nitrogens with one attached hydrogen (secondary N) is 2. The summed E-state index contributed by atoms with van der Waals surface area (Å²) in [5.41, 5.74) is 3.34. The first-order valence-electron chi connectivity index (χ1n) is 8.77. The Kier molecular flexibility index (Phi) is 7.16. The van der Waals surface area contributed by atoms with Crippen LogP contribution in [-0.4, -0.2) is 50.5 Å². The summed E-state index contributed by atoms with van der Waals surface area (Å²) in [4.78, 5) is 12.0. The van der Waals surface area contributed by atoms with Crippen molar-refractivity contribution in [1.29, 1.82) is 0 Å². The third-order valence-corrected chi connectivity index (χ3v) is 4.83. The molecule has 2 rings (SSSR count). The summed E-state index contributed by atoms with van der Waals surface area (Å²) in [7, 11) is 0. The van der Waals surface area contributed by atoms with Crippen LogP contribution in [0.2, 0.25) is 0 Å². The molecule has 8 heteroatoms. The summed E-state index contributed by atoms with van der Waals surface area (Å²) in [5, 5.41) is 18.8. The minimum atomic E-state index is -0.0127. The molecule has 0 unspecified atom stereocenters. The number of nitrogens with zero attached hydrogens (tertiary/aromatic N) is 4. The number of thioether (sulfide) groups is 1. The summed E-state index contributed by atoms with van der Waals surface area (Å²) in [6, 6.07) is 6.01. The van der Waals surface area contributed by atoms with Crippen LogP contribution in [0.25, 0.3) is 5.69 Å². The van der Waals surface area contributed by atoms with Gasteiger partial charge in [-0.25, -0.2) is 0 Å².